The molecule has 139 valence electrons. The molecular formula is C23H29BN3. The van der Waals surface area contributed by atoms with Crippen molar-refractivity contribution in [1.82, 2.24) is 9.97 Å². The van der Waals surface area contributed by atoms with Crippen molar-refractivity contribution in [3.8, 4) is 0 Å². The van der Waals surface area contributed by atoms with E-state index in [1.807, 2.05) is 19.2 Å². The van der Waals surface area contributed by atoms with Crippen LogP contribution in [0.2, 0.25) is 0 Å². The van der Waals surface area contributed by atoms with E-state index in [0.717, 1.165) is 34.8 Å². The third-order valence-corrected chi connectivity index (χ3v) is 5.77. The Labute approximate surface area is 164 Å². The molecule has 1 aliphatic rings. The molecule has 1 aliphatic carbocycles. The van der Waals surface area contributed by atoms with Crippen molar-refractivity contribution < 1.29 is 0 Å². The second-order valence-corrected chi connectivity index (χ2v) is 7.96. The number of aryl methyl sites for hydroxylation is 2. The first-order valence-electron chi connectivity index (χ1n) is 9.86. The third kappa shape index (κ3) is 4.05. The van der Waals surface area contributed by atoms with Crippen LogP contribution >= 0.6 is 0 Å². The SMILES string of the molecule is [B]=C(c1cc(C)cc(C2(CC)CCCC2)n1)c1cnc(NC(=C)C)cc1C. The maximum absolute atomic E-state index is 6.57. The standard InChI is InChI=1S/C23H29BN3/c1-6-23(9-7-8-10-23)20-12-16(4)11-19(27-20)22(24)18-14-25-21(13-17(18)5)26-15(2)3/h11-14H,2,6-10H2,1,3-5H3,(H,25,26). The molecule has 1 N–H and O–H groups in total. The fraction of sp³-hybridized carbons (Fsp3) is 0.435. The van der Waals surface area contributed by atoms with Crippen molar-refractivity contribution in [3.05, 3.63) is 64.8 Å². The van der Waals surface area contributed by atoms with Crippen LogP contribution in [0, 0.1) is 13.8 Å². The van der Waals surface area contributed by atoms with Crippen molar-refractivity contribution in [2.45, 2.75) is 65.2 Å². The monoisotopic (exact) mass is 358 g/mol. The molecule has 27 heavy (non-hydrogen) atoms. The van der Waals surface area contributed by atoms with Crippen LogP contribution < -0.4 is 5.32 Å². The number of rotatable bonds is 6. The van der Waals surface area contributed by atoms with Gasteiger partial charge in [0.25, 0.3) is 0 Å². The minimum atomic E-state index is 0.212. The first-order valence-corrected chi connectivity index (χ1v) is 9.86. The summed E-state index contributed by atoms with van der Waals surface area (Å²) in [5.74, 6) is 0.783. The zero-order chi connectivity index (χ0) is 19.6. The van der Waals surface area contributed by atoms with Gasteiger partial charge in [0.15, 0.2) is 0 Å². The predicted molar refractivity (Wildman–Crippen MR) is 116 cm³/mol. The van der Waals surface area contributed by atoms with Gasteiger partial charge in [-0.3, -0.25) is 0 Å². The van der Waals surface area contributed by atoms with Crippen molar-refractivity contribution in [1.29, 1.82) is 0 Å². The van der Waals surface area contributed by atoms with E-state index < -0.39 is 0 Å². The van der Waals surface area contributed by atoms with Gasteiger partial charge >= 0.3 is 164 Å². The molecule has 3 rings (SSSR count). The summed E-state index contributed by atoms with van der Waals surface area (Å²) in [5.41, 5.74) is 7.04. The molecule has 3 nitrogen and oxygen atoms in total. The molecule has 0 aliphatic heterocycles. The van der Waals surface area contributed by atoms with Crippen molar-refractivity contribution >= 4 is 18.8 Å². The number of anilines is 1. The molecule has 1 saturated carbocycles. The third-order valence-electron chi connectivity index (χ3n) is 5.77. The fourth-order valence-corrected chi connectivity index (χ4v) is 4.18. The molecule has 0 amide bonds. The molecule has 1 fully saturated rings. The van der Waals surface area contributed by atoms with Crippen molar-refractivity contribution in [3.63, 3.8) is 0 Å². The average Bonchev–Trinajstić information content (AvgIpc) is 3.10. The van der Waals surface area contributed by atoms with Crippen LogP contribution in [0.15, 0.2) is 36.7 Å². The van der Waals surface area contributed by atoms with Crippen LogP contribution in [0.5, 0.6) is 0 Å². The molecule has 1 radical (unpaired) electrons. The van der Waals surface area contributed by atoms with Crippen LogP contribution in [0.25, 0.3) is 0 Å². The number of allylic oxidation sites excluding steroid dienone is 1. The zero-order valence-corrected chi connectivity index (χ0v) is 17.0. The van der Waals surface area contributed by atoms with Gasteiger partial charge in [0.2, 0.25) is 0 Å². The summed E-state index contributed by atoms with van der Waals surface area (Å²) < 4.78 is 0. The van der Waals surface area contributed by atoms with Crippen LogP contribution in [0.3, 0.4) is 0 Å². The summed E-state index contributed by atoms with van der Waals surface area (Å²) in [4.78, 5) is 9.51. The van der Waals surface area contributed by atoms with Gasteiger partial charge in [0.1, 0.15) is 0 Å². The number of aromatic nitrogens is 2. The second-order valence-electron chi connectivity index (χ2n) is 7.96. The summed E-state index contributed by atoms with van der Waals surface area (Å²) in [5, 5.41) is 3.15. The van der Waals surface area contributed by atoms with Gasteiger partial charge in [-0.1, -0.05) is 0 Å². The van der Waals surface area contributed by atoms with Gasteiger partial charge < -0.3 is 0 Å². The van der Waals surface area contributed by atoms with E-state index in [2.05, 4.69) is 49.8 Å². The Morgan fingerprint density at radius 3 is 2.52 bits per heavy atom. The predicted octanol–water partition coefficient (Wildman–Crippen LogP) is 5.00. The number of hydrogen-bond acceptors (Lipinski definition) is 3. The van der Waals surface area contributed by atoms with Gasteiger partial charge in [-0.2, -0.15) is 0 Å². The van der Waals surface area contributed by atoms with E-state index in [-0.39, 0.29) is 5.41 Å². The molecule has 0 spiro atoms. The molecule has 0 aromatic carbocycles. The molecule has 2 aromatic heterocycles. The van der Waals surface area contributed by atoms with Crippen molar-refractivity contribution in [2.75, 3.05) is 5.32 Å². The Balaban J connectivity index is 1.97. The summed E-state index contributed by atoms with van der Waals surface area (Å²) in [7, 11) is 6.57. The number of pyridine rings is 2. The van der Waals surface area contributed by atoms with Crippen LogP contribution in [0.1, 0.15) is 74.0 Å². The van der Waals surface area contributed by atoms with Gasteiger partial charge in [0, 0.05) is 0 Å². The number of nitrogens with one attached hydrogen (secondary N) is 1. The Bertz CT molecular complexity index is 879. The molecule has 4 heteroatoms. The Kier molecular flexibility index (Phi) is 5.64. The molecule has 2 heterocycles. The first-order chi connectivity index (χ1) is 12.8. The van der Waals surface area contributed by atoms with Gasteiger partial charge in [-0.25, -0.2) is 0 Å². The number of nitrogens with zero attached hydrogens (tertiary/aromatic N) is 2. The van der Waals surface area contributed by atoms with Gasteiger partial charge in [0.05, 0.1) is 0 Å². The van der Waals surface area contributed by atoms with E-state index in [1.54, 1.807) is 0 Å². The van der Waals surface area contributed by atoms with Crippen molar-refractivity contribution in [2.24, 2.45) is 0 Å². The number of hydrogen-bond donors (Lipinski definition) is 1. The fourth-order valence-electron chi connectivity index (χ4n) is 4.18. The molecule has 0 unspecified atom stereocenters. The van der Waals surface area contributed by atoms with Gasteiger partial charge in [-0.05, 0) is 0 Å². The maximum atomic E-state index is 6.57. The first kappa shape index (κ1) is 19.5. The molecule has 0 saturated heterocycles. The zero-order valence-electron chi connectivity index (χ0n) is 17.0. The van der Waals surface area contributed by atoms with E-state index in [1.165, 1.54) is 36.9 Å². The topological polar surface area (TPSA) is 37.8 Å². The van der Waals surface area contributed by atoms with E-state index in [9.17, 15) is 0 Å². The molecular weight excluding hydrogens is 329 g/mol. The minimum absolute atomic E-state index is 0.212. The Hall–Kier alpha value is -2.23. The van der Waals surface area contributed by atoms with Crippen LogP contribution in [-0.4, -0.2) is 22.9 Å². The average molecular weight is 358 g/mol. The Morgan fingerprint density at radius 1 is 1.22 bits per heavy atom. The molecule has 0 bridgehead atoms. The normalized spacial score (nSPS) is 15.5. The quantitative estimate of drug-likeness (QED) is 0.739. The van der Waals surface area contributed by atoms with Crippen LogP contribution in [0.4, 0.5) is 5.82 Å². The van der Waals surface area contributed by atoms with E-state index in [4.69, 9.17) is 12.5 Å². The summed E-state index contributed by atoms with van der Waals surface area (Å²) in [6.45, 7) is 12.2. The summed E-state index contributed by atoms with van der Waals surface area (Å²) >= 11 is 0. The van der Waals surface area contributed by atoms with Gasteiger partial charge in [-0.15, -0.1) is 0 Å². The second kappa shape index (κ2) is 7.79. The van der Waals surface area contributed by atoms with E-state index >= 15 is 0 Å². The Morgan fingerprint density at radius 2 is 1.93 bits per heavy atom. The summed E-state index contributed by atoms with van der Waals surface area (Å²) in [6, 6.07) is 6.32. The van der Waals surface area contributed by atoms with E-state index in [0.29, 0.717) is 5.46 Å². The molecule has 0 atom stereocenters. The summed E-state index contributed by atoms with van der Waals surface area (Å²) in [6.07, 6.45) is 7.98. The van der Waals surface area contributed by atoms with Crippen LogP contribution in [-0.2, 0) is 5.41 Å². The molecule has 2 aromatic rings.